The lowest BCUT2D eigenvalue weighted by Gasteiger charge is -2.10. The minimum atomic E-state index is -4.33. The standard InChI is InChI=1S/C14H16F3N3O/c1-9-13(10(2)20-19-9)7-18-11-3-5-12(6-4-11)21-8-14(15,16)17/h3-6,18H,7-8H2,1-2H3,(H,19,20). The van der Waals surface area contributed by atoms with Crippen LogP contribution in [0.5, 0.6) is 5.75 Å². The highest BCUT2D eigenvalue weighted by molar-refractivity contribution is 5.47. The molecule has 0 radical (unpaired) electrons. The van der Waals surface area contributed by atoms with Gasteiger partial charge in [-0.3, -0.25) is 5.10 Å². The van der Waals surface area contributed by atoms with E-state index >= 15 is 0 Å². The van der Waals surface area contributed by atoms with Gasteiger partial charge in [-0.1, -0.05) is 0 Å². The van der Waals surface area contributed by atoms with Crippen LogP contribution in [0.3, 0.4) is 0 Å². The molecule has 4 nitrogen and oxygen atoms in total. The lowest BCUT2D eigenvalue weighted by atomic mass is 10.2. The first-order valence-corrected chi connectivity index (χ1v) is 6.39. The quantitative estimate of drug-likeness (QED) is 0.887. The lowest BCUT2D eigenvalue weighted by Crippen LogP contribution is -2.19. The van der Waals surface area contributed by atoms with Gasteiger partial charge in [-0.25, -0.2) is 0 Å². The highest BCUT2D eigenvalue weighted by Crippen LogP contribution is 2.21. The number of aromatic amines is 1. The van der Waals surface area contributed by atoms with Gasteiger partial charge in [0.1, 0.15) is 5.75 Å². The number of nitrogens with one attached hydrogen (secondary N) is 2. The van der Waals surface area contributed by atoms with E-state index in [0.717, 1.165) is 22.6 Å². The van der Waals surface area contributed by atoms with E-state index in [1.165, 1.54) is 12.1 Å². The summed E-state index contributed by atoms with van der Waals surface area (Å²) in [5.41, 5.74) is 3.79. The molecular formula is C14H16F3N3O. The summed E-state index contributed by atoms with van der Waals surface area (Å²) in [6.07, 6.45) is -4.33. The predicted molar refractivity (Wildman–Crippen MR) is 73.4 cm³/mol. The minimum Gasteiger partial charge on any atom is -0.484 e. The SMILES string of the molecule is Cc1n[nH]c(C)c1CNc1ccc(OCC(F)(F)F)cc1. The number of H-pyrrole nitrogens is 1. The van der Waals surface area contributed by atoms with Crippen LogP contribution in [0, 0.1) is 13.8 Å². The Morgan fingerprint density at radius 3 is 2.38 bits per heavy atom. The van der Waals surface area contributed by atoms with Crippen molar-refractivity contribution in [1.82, 2.24) is 10.2 Å². The molecule has 2 rings (SSSR count). The number of benzene rings is 1. The van der Waals surface area contributed by atoms with Crippen LogP contribution in [0.2, 0.25) is 0 Å². The van der Waals surface area contributed by atoms with E-state index in [-0.39, 0.29) is 5.75 Å². The molecule has 21 heavy (non-hydrogen) atoms. The predicted octanol–water partition coefficient (Wildman–Crippen LogP) is 3.58. The summed E-state index contributed by atoms with van der Waals surface area (Å²) < 4.78 is 40.7. The zero-order valence-electron chi connectivity index (χ0n) is 11.7. The number of hydrogen-bond donors (Lipinski definition) is 2. The molecule has 0 atom stereocenters. The Kier molecular flexibility index (Phi) is 4.40. The summed E-state index contributed by atoms with van der Waals surface area (Å²) >= 11 is 0. The minimum absolute atomic E-state index is 0.188. The van der Waals surface area contributed by atoms with Crippen LogP contribution < -0.4 is 10.1 Å². The molecular weight excluding hydrogens is 283 g/mol. The second-order valence-electron chi connectivity index (χ2n) is 4.69. The molecule has 0 aliphatic heterocycles. The zero-order chi connectivity index (χ0) is 15.5. The summed E-state index contributed by atoms with van der Waals surface area (Å²) in [7, 11) is 0. The van der Waals surface area contributed by atoms with Crippen LogP contribution in [-0.2, 0) is 6.54 Å². The van der Waals surface area contributed by atoms with Crippen molar-refractivity contribution >= 4 is 5.69 Å². The fourth-order valence-electron chi connectivity index (χ4n) is 1.86. The van der Waals surface area contributed by atoms with Gasteiger partial charge in [-0.05, 0) is 38.1 Å². The first-order valence-electron chi connectivity index (χ1n) is 6.39. The van der Waals surface area contributed by atoms with Crippen molar-refractivity contribution < 1.29 is 17.9 Å². The molecule has 0 bridgehead atoms. The molecule has 2 N–H and O–H groups in total. The topological polar surface area (TPSA) is 49.9 Å². The van der Waals surface area contributed by atoms with Gasteiger partial charge in [0.25, 0.3) is 0 Å². The molecule has 7 heteroatoms. The van der Waals surface area contributed by atoms with E-state index in [1.807, 2.05) is 13.8 Å². The number of rotatable bonds is 5. The number of aryl methyl sites for hydroxylation is 2. The van der Waals surface area contributed by atoms with Gasteiger partial charge in [0.2, 0.25) is 0 Å². The summed E-state index contributed by atoms with van der Waals surface area (Å²) in [5, 5.41) is 10.2. The summed E-state index contributed by atoms with van der Waals surface area (Å²) in [6, 6.07) is 6.36. The van der Waals surface area contributed by atoms with Crippen molar-refractivity contribution in [3.8, 4) is 5.75 Å². The molecule has 0 spiro atoms. The first-order chi connectivity index (χ1) is 9.85. The normalized spacial score (nSPS) is 11.5. The van der Waals surface area contributed by atoms with E-state index in [9.17, 15) is 13.2 Å². The molecule has 0 amide bonds. The molecule has 114 valence electrons. The highest BCUT2D eigenvalue weighted by Gasteiger charge is 2.28. The third kappa shape index (κ3) is 4.40. The average molecular weight is 299 g/mol. The Balaban J connectivity index is 1.91. The molecule has 2 aromatic rings. The Bertz CT molecular complexity index is 571. The Morgan fingerprint density at radius 2 is 1.86 bits per heavy atom. The van der Waals surface area contributed by atoms with Gasteiger partial charge in [0.05, 0.1) is 5.69 Å². The van der Waals surface area contributed by atoms with Crippen molar-refractivity contribution in [2.45, 2.75) is 26.6 Å². The maximum atomic E-state index is 12.0. The maximum Gasteiger partial charge on any atom is 0.422 e. The van der Waals surface area contributed by atoms with Gasteiger partial charge >= 0.3 is 6.18 Å². The molecule has 1 heterocycles. The number of hydrogen-bond acceptors (Lipinski definition) is 3. The summed E-state index contributed by atoms with van der Waals surface area (Å²) in [4.78, 5) is 0. The molecule has 0 fully saturated rings. The van der Waals surface area contributed by atoms with Crippen molar-refractivity contribution in [3.05, 3.63) is 41.2 Å². The smallest absolute Gasteiger partial charge is 0.422 e. The Hall–Kier alpha value is -2.18. The molecule has 0 saturated heterocycles. The number of ether oxygens (including phenoxy) is 1. The van der Waals surface area contributed by atoms with Crippen molar-refractivity contribution in [3.63, 3.8) is 0 Å². The zero-order valence-corrected chi connectivity index (χ0v) is 11.7. The molecule has 0 aliphatic carbocycles. The Morgan fingerprint density at radius 1 is 1.19 bits per heavy atom. The largest absolute Gasteiger partial charge is 0.484 e. The van der Waals surface area contributed by atoms with E-state index in [2.05, 4.69) is 20.3 Å². The van der Waals surface area contributed by atoms with Crippen LogP contribution >= 0.6 is 0 Å². The summed E-state index contributed by atoms with van der Waals surface area (Å²) in [6.45, 7) is 3.16. The van der Waals surface area contributed by atoms with Crippen molar-refractivity contribution in [1.29, 1.82) is 0 Å². The van der Waals surface area contributed by atoms with E-state index in [1.54, 1.807) is 12.1 Å². The van der Waals surface area contributed by atoms with Gasteiger partial charge in [-0.2, -0.15) is 18.3 Å². The number of nitrogens with zero attached hydrogens (tertiary/aromatic N) is 1. The average Bonchev–Trinajstić information content (AvgIpc) is 2.74. The first kappa shape index (κ1) is 15.2. The fraction of sp³-hybridized carbons (Fsp3) is 0.357. The maximum absolute atomic E-state index is 12.0. The fourth-order valence-corrected chi connectivity index (χ4v) is 1.86. The van der Waals surface area contributed by atoms with Gasteiger partial charge in [0, 0.05) is 23.5 Å². The number of anilines is 1. The Labute approximate surface area is 120 Å². The van der Waals surface area contributed by atoms with Gasteiger partial charge < -0.3 is 10.1 Å². The second-order valence-corrected chi connectivity index (χ2v) is 4.69. The van der Waals surface area contributed by atoms with Crippen molar-refractivity contribution in [2.75, 3.05) is 11.9 Å². The number of aromatic nitrogens is 2. The van der Waals surface area contributed by atoms with Crippen molar-refractivity contribution in [2.24, 2.45) is 0 Å². The monoisotopic (exact) mass is 299 g/mol. The third-order valence-electron chi connectivity index (χ3n) is 3.01. The lowest BCUT2D eigenvalue weighted by molar-refractivity contribution is -0.153. The molecule has 1 aromatic carbocycles. The van der Waals surface area contributed by atoms with Crippen LogP contribution in [0.25, 0.3) is 0 Å². The summed E-state index contributed by atoms with van der Waals surface area (Å²) in [5.74, 6) is 0.188. The van der Waals surface area contributed by atoms with E-state index < -0.39 is 12.8 Å². The van der Waals surface area contributed by atoms with Gasteiger partial charge in [0.15, 0.2) is 6.61 Å². The number of alkyl halides is 3. The molecule has 1 aromatic heterocycles. The molecule has 0 unspecified atom stereocenters. The highest BCUT2D eigenvalue weighted by atomic mass is 19.4. The van der Waals surface area contributed by atoms with Crippen LogP contribution in [0.1, 0.15) is 17.0 Å². The van der Waals surface area contributed by atoms with E-state index in [4.69, 9.17) is 0 Å². The molecule has 0 saturated carbocycles. The number of halogens is 3. The third-order valence-corrected chi connectivity index (χ3v) is 3.01. The van der Waals surface area contributed by atoms with Crippen LogP contribution in [0.15, 0.2) is 24.3 Å². The van der Waals surface area contributed by atoms with Gasteiger partial charge in [-0.15, -0.1) is 0 Å². The molecule has 0 aliphatic rings. The van der Waals surface area contributed by atoms with Crippen LogP contribution in [-0.4, -0.2) is 23.0 Å². The van der Waals surface area contributed by atoms with E-state index in [0.29, 0.717) is 6.54 Å². The van der Waals surface area contributed by atoms with Crippen LogP contribution in [0.4, 0.5) is 18.9 Å². The second kappa shape index (κ2) is 6.07.